The van der Waals surface area contributed by atoms with Crippen LogP contribution in [0.1, 0.15) is 0 Å². The van der Waals surface area contributed by atoms with Gasteiger partial charge >= 0.3 is 5.82 Å². The Morgan fingerprint density at radius 2 is 2.31 bits per heavy atom. The monoisotopic (exact) mass is 285 g/mol. The molecule has 0 saturated heterocycles. The molecule has 8 nitrogen and oxygen atoms in total. The quantitative estimate of drug-likeness (QED) is 0.643. The predicted molar refractivity (Wildman–Crippen MR) is 56.3 cm³/mol. The van der Waals surface area contributed by atoms with Crippen LogP contribution in [0.15, 0.2) is 27.9 Å². The lowest BCUT2D eigenvalue weighted by Gasteiger charge is -1.96. The van der Waals surface area contributed by atoms with Gasteiger partial charge in [-0.25, -0.2) is 4.98 Å². The Morgan fingerprint density at radius 3 is 2.94 bits per heavy atom. The van der Waals surface area contributed by atoms with Gasteiger partial charge in [-0.2, -0.15) is 0 Å². The lowest BCUT2D eigenvalue weighted by molar-refractivity contribution is -0.389. The zero-order chi connectivity index (χ0) is 11.7. The first kappa shape index (κ1) is 10.5. The van der Waals surface area contributed by atoms with E-state index in [0.29, 0.717) is 0 Å². The molecule has 0 aliphatic carbocycles. The smallest absolute Gasteiger partial charge is 0.358 e. The molecule has 2 aromatic rings. The van der Waals surface area contributed by atoms with Crippen molar-refractivity contribution in [1.82, 2.24) is 19.7 Å². The molecule has 0 unspecified atom stereocenters. The SMILES string of the molecule is O=c1[nH]cnc(-n2ccc([N+](=O)[O-])n2)c1Br. The van der Waals surface area contributed by atoms with E-state index in [1.807, 2.05) is 0 Å². The Kier molecular flexibility index (Phi) is 2.52. The van der Waals surface area contributed by atoms with Crippen LogP contribution in [-0.4, -0.2) is 24.7 Å². The number of rotatable bonds is 2. The van der Waals surface area contributed by atoms with Crippen molar-refractivity contribution in [3.05, 3.63) is 43.5 Å². The Balaban J connectivity index is 2.55. The molecule has 0 atom stereocenters. The fourth-order valence-corrected chi connectivity index (χ4v) is 1.46. The van der Waals surface area contributed by atoms with Crippen LogP contribution in [0.5, 0.6) is 0 Å². The fraction of sp³-hybridized carbons (Fsp3) is 0. The highest BCUT2D eigenvalue weighted by Crippen LogP contribution is 2.14. The number of halogens is 1. The molecule has 0 aromatic carbocycles. The van der Waals surface area contributed by atoms with Crippen LogP contribution >= 0.6 is 15.9 Å². The van der Waals surface area contributed by atoms with Gasteiger partial charge in [-0.05, 0) is 20.9 Å². The topological polar surface area (TPSA) is 107 Å². The second-order valence-electron chi connectivity index (χ2n) is 2.74. The summed E-state index contributed by atoms with van der Waals surface area (Å²) in [6.07, 6.45) is 2.54. The van der Waals surface area contributed by atoms with Gasteiger partial charge in [0.15, 0.2) is 5.82 Å². The number of aromatic amines is 1. The summed E-state index contributed by atoms with van der Waals surface area (Å²) in [5.74, 6) is -0.120. The maximum absolute atomic E-state index is 11.2. The van der Waals surface area contributed by atoms with E-state index in [-0.39, 0.29) is 21.7 Å². The zero-order valence-electron chi connectivity index (χ0n) is 7.62. The van der Waals surface area contributed by atoms with E-state index in [1.54, 1.807) is 0 Å². The molecule has 1 N–H and O–H groups in total. The number of nitrogens with one attached hydrogen (secondary N) is 1. The molecule has 2 rings (SSSR count). The van der Waals surface area contributed by atoms with Gasteiger partial charge in [0.25, 0.3) is 5.56 Å². The van der Waals surface area contributed by atoms with Gasteiger partial charge in [-0.15, -0.1) is 4.68 Å². The van der Waals surface area contributed by atoms with E-state index in [0.717, 1.165) is 4.68 Å². The molecule has 82 valence electrons. The molecule has 0 amide bonds. The molecule has 2 aromatic heterocycles. The van der Waals surface area contributed by atoms with Gasteiger partial charge in [0.2, 0.25) is 0 Å². The summed E-state index contributed by atoms with van der Waals surface area (Å²) >= 11 is 3.03. The largest absolute Gasteiger partial charge is 0.390 e. The first-order valence-corrected chi connectivity index (χ1v) is 4.82. The third-order valence-corrected chi connectivity index (χ3v) is 2.47. The summed E-state index contributed by atoms with van der Waals surface area (Å²) < 4.78 is 1.31. The molecule has 9 heteroatoms. The van der Waals surface area contributed by atoms with Crippen molar-refractivity contribution >= 4 is 21.7 Å². The van der Waals surface area contributed by atoms with Crippen molar-refractivity contribution in [3.63, 3.8) is 0 Å². The molecule has 0 radical (unpaired) electrons. The highest BCUT2D eigenvalue weighted by molar-refractivity contribution is 9.10. The number of nitro groups is 1. The Bertz CT molecular complexity index is 604. The van der Waals surface area contributed by atoms with Crippen LogP contribution in [0.2, 0.25) is 0 Å². The Morgan fingerprint density at radius 1 is 1.56 bits per heavy atom. The van der Waals surface area contributed by atoms with Crippen molar-refractivity contribution in [2.45, 2.75) is 0 Å². The number of hydrogen-bond donors (Lipinski definition) is 1. The lowest BCUT2D eigenvalue weighted by atomic mass is 10.6. The first-order valence-electron chi connectivity index (χ1n) is 4.03. The minimum Gasteiger partial charge on any atom is -0.358 e. The van der Waals surface area contributed by atoms with Crippen molar-refractivity contribution in [1.29, 1.82) is 0 Å². The van der Waals surface area contributed by atoms with Crippen molar-refractivity contribution in [2.24, 2.45) is 0 Å². The van der Waals surface area contributed by atoms with Crippen LogP contribution in [-0.2, 0) is 0 Å². The molecule has 0 aliphatic rings. The zero-order valence-corrected chi connectivity index (χ0v) is 9.21. The lowest BCUT2D eigenvalue weighted by Crippen LogP contribution is -2.12. The first-order chi connectivity index (χ1) is 7.59. The second-order valence-corrected chi connectivity index (χ2v) is 3.54. The van der Waals surface area contributed by atoms with Crippen LogP contribution in [0.4, 0.5) is 5.82 Å². The number of H-pyrrole nitrogens is 1. The van der Waals surface area contributed by atoms with Crippen molar-refractivity contribution in [3.8, 4) is 5.82 Å². The van der Waals surface area contributed by atoms with Crippen molar-refractivity contribution in [2.75, 3.05) is 0 Å². The normalized spacial score (nSPS) is 10.3. The fourth-order valence-electron chi connectivity index (χ4n) is 1.06. The molecule has 0 aliphatic heterocycles. The summed E-state index contributed by atoms with van der Waals surface area (Å²) in [5.41, 5.74) is -0.386. The number of nitrogens with zero attached hydrogens (tertiary/aromatic N) is 4. The van der Waals surface area contributed by atoms with Crippen LogP contribution in [0, 0.1) is 10.1 Å². The molecule has 0 fully saturated rings. The Labute approximate surface area is 96.2 Å². The maximum atomic E-state index is 11.2. The third kappa shape index (κ3) is 1.72. The van der Waals surface area contributed by atoms with Crippen LogP contribution < -0.4 is 5.56 Å². The Hall–Kier alpha value is -2.03. The van der Waals surface area contributed by atoms with E-state index in [2.05, 4.69) is 31.0 Å². The molecular weight excluding hydrogens is 282 g/mol. The summed E-state index contributed by atoms with van der Waals surface area (Å²) in [7, 11) is 0. The second kappa shape index (κ2) is 3.85. The van der Waals surface area contributed by atoms with Crippen molar-refractivity contribution < 1.29 is 4.92 Å². The molecule has 0 spiro atoms. The van der Waals surface area contributed by atoms with E-state index in [1.165, 1.54) is 18.6 Å². The van der Waals surface area contributed by atoms with Crippen LogP contribution in [0.25, 0.3) is 5.82 Å². The minimum atomic E-state index is -0.627. The van der Waals surface area contributed by atoms with Gasteiger partial charge < -0.3 is 15.1 Å². The van der Waals surface area contributed by atoms with E-state index < -0.39 is 4.92 Å². The molecule has 2 heterocycles. The standard InChI is InChI=1S/C7H4BrN5O3/c8-5-6(9-3-10-7(5)14)12-2-1-4(11-12)13(15)16/h1-3H,(H,9,10,14). The maximum Gasteiger partial charge on any atom is 0.390 e. The predicted octanol–water partition coefficient (Wildman–Crippen LogP) is 0.626. The van der Waals surface area contributed by atoms with Gasteiger partial charge in [0.05, 0.1) is 23.7 Å². The van der Waals surface area contributed by atoms with Gasteiger partial charge in [0.1, 0.15) is 4.47 Å². The van der Waals surface area contributed by atoms with E-state index in [9.17, 15) is 14.9 Å². The van der Waals surface area contributed by atoms with Crippen LogP contribution in [0.3, 0.4) is 0 Å². The van der Waals surface area contributed by atoms with Gasteiger partial charge in [0, 0.05) is 0 Å². The number of hydrogen-bond acceptors (Lipinski definition) is 5. The average molecular weight is 286 g/mol. The van der Waals surface area contributed by atoms with Gasteiger partial charge in [-0.3, -0.25) is 4.79 Å². The third-order valence-electron chi connectivity index (χ3n) is 1.76. The summed E-state index contributed by atoms with van der Waals surface area (Å²) in [6, 6.07) is 1.22. The van der Waals surface area contributed by atoms with E-state index in [4.69, 9.17) is 0 Å². The molecule has 0 saturated carbocycles. The average Bonchev–Trinajstić information content (AvgIpc) is 2.71. The summed E-state index contributed by atoms with van der Waals surface area (Å²) in [4.78, 5) is 27.2. The summed E-state index contributed by atoms with van der Waals surface area (Å²) in [6.45, 7) is 0. The molecule has 0 bridgehead atoms. The molecule has 16 heavy (non-hydrogen) atoms. The molecular formula is C7H4BrN5O3. The number of aromatic nitrogens is 4. The van der Waals surface area contributed by atoms with Gasteiger partial charge in [-0.1, -0.05) is 0 Å². The van der Waals surface area contributed by atoms with E-state index >= 15 is 0 Å². The highest BCUT2D eigenvalue weighted by Gasteiger charge is 2.16. The highest BCUT2D eigenvalue weighted by atomic mass is 79.9. The minimum absolute atomic E-state index is 0.160. The summed E-state index contributed by atoms with van der Waals surface area (Å²) in [5, 5.41) is 14.1.